The number of aryl methyl sites for hydroxylation is 1. The van der Waals surface area contributed by atoms with Crippen LogP contribution in [0.2, 0.25) is 5.02 Å². The number of anilines is 1. The third kappa shape index (κ3) is 5.17. The third-order valence-corrected chi connectivity index (χ3v) is 5.95. The molecule has 2 aliphatic heterocycles. The van der Waals surface area contributed by atoms with Crippen LogP contribution in [0.25, 0.3) is 0 Å². The summed E-state index contributed by atoms with van der Waals surface area (Å²) in [5, 5.41) is 10.5. The second-order valence-electron chi connectivity index (χ2n) is 8.08. The van der Waals surface area contributed by atoms with E-state index in [1.54, 1.807) is 17.0 Å². The SMILES string of the molecule is Cc1cccc(NC(=O)N2CCC3(CC2)CC(C(=O)NCc2ccc(Cl)cc2)=NO3)c1. The first-order valence-electron chi connectivity index (χ1n) is 10.3. The van der Waals surface area contributed by atoms with E-state index >= 15 is 0 Å². The van der Waals surface area contributed by atoms with Gasteiger partial charge in [-0.3, -0.25) is 4.79 Å². The molecule has 0 aromatic heterocycles. The van der Waals surface area contributed by atoms with E-state index in [4.69, 9.17) is 16.4 Å². The molecule has 2 aliphatic rings. The number of nitrogens with one attached hydrogen (secondary N) is 2. The minimum absolute atomic E-state index is 0.125. The molecule has 0 saturated carbocycles. The van der Waals surface area contributed by atoms with Gasteiger partial charge in [0, 0.05) is 49.6 Å². The van der Waals surface area contributed by atoms with Crippen molar-refractivity contribution in [3.8, 4) is 0 Å². The molecule has 1 saturated heterocycles. The van der Waals surface area contributed by atoms with Gasteiger partial charge in [0.15, 0.2) is 0 Å². The lowest BCUT2D eigenvalue weighted by atomic mass is 9.87. The van der Waals surface area contributed by atoms with Gasteiger partial charge in [0.1, 0.15) is 11.3 Å². The highest BCUT2D eigenvalue weighted by molar-refractivity contribution is 6.39. The minimum Gasteiger partial charge on any atom is -0.388 e. The van der Waals surface area contributed by atoms with Gasteiger partial charge in [-0.05, 0) is 42.3 Å². The van der Waals surface area contributed by atoms with E-state index in [2.05, 4.69) is 15.8 Å². The van der Waals surface area contributed by atoms with E-state index in [1.807, 2.05) is 43.3 Å². The zero-order valence-corrected chi connectivity index (χ0v) is 18.1. The van der Waals surface area contributed by atoms with Crippen molar-refractivity contribution < 1.29 is 14.4 Å². The largest absolute Gasteiger partial charge is 0.388 e. The van der Waals surface area contributed by atoms with Crippen molar-refractivity contribution >= 4 is 34.9 Å². The molecule has 162 valence electrons. The summed E-state index contributed by atoms with van der Waals surface area (Å²) in [6.07, 6.45) is 1.71. The molecule has 0 unspecified atom stereocenters. The first-order valence-corrected chi connectivity index (χ1v) is 10.7. The summed E-state index contributed by atoms with van der Waals surface area (Å²) in [5.74, 6) is -0.230. The number of oxime groups is 1. The van der Waals surface area contributed by atoms with Crippen molar-refractivity contribution in [1.29, 1.82) is 0 Å². The van der Waals surface area contributed by atoms with Crippen LogP contribution in [0.15, 0.2) is 53.7 Å². The summed E-state index contributed by atoms with van der Waals surface area (Å²) >= 11 is 5.89. The standard InChI is InChI=1S/C23H25ClN4O3/c1-16-3-2-4-19(13-16)26-22(30)28-11-9-23(10-12-28)14-20(27-31-23)21(29)25-15-17-5-7-18(24)8-6-17/h2-8,13H,9-12,14-15H2,1H3,(H,25,29)(H,26,30). The summed E-state index contributed by atoms with van der Waals surface area (Å²) in [5.41, 5.74) is 2.72. The fraction of sp³-hybridized carbons (Fsp3) is 0.348. The number of benzene rings is 2. The molecule has 0 atom stereocenters. The monoisotopic (exact) mass is 440 g/mol. The van der Waals surface area contributed by atoms with Crippen LogP contribution in [0.1, 0.15) is 30.4 Å². The van der Waals surface area contributed by atoms with Crippen molar-refractivity contribution in [1.82, 2.24) is 10.2 Å². The van der Waals surface area contributed by atoms with Gasteiger partial charge >= 0.3 is 6.03 Å². The van der Waals surface area contributed by atoms with Gasteiger partial charge in [0.2, 0.25) is 0 Å². The molecule has 2 heterocycles. The van der Waals surface area contributed by atoms with Crippen molar-refractivity contribution in [2.24, 2.45) is 5.16 Å². The molecule has 1 spiro atoms. The number of carbonyl (C=O) groups excluding carboxylic acids is 2. The van der Waals surface area contributed by atoms with Crippen LogP contribution in [-0.2, 0) is 16.2 Å². The number of amides is 3. The average molecular weight is 441 g/mol. The zero-order valence-electron chi connectivity index (χ0n) is 17.4. The molecule has 7 nitrogen and oxygen atoms in total. The van der Waals surface area contributed by atoms with Crippen LogP contribution in [0.3, 0.4) is 0 Å². The molecule has 0 radical (unpaired) electrons. The van der Waals surface area contributed by atoms with Crippen LogP contribution in [0.5, 0.6) is 0 Å². The molecular weight excluding hydrogens is 416 g/mol. The van der Waals surface area contributed by atoms with Gasteiger partial charge in [-0.2, -0.15) is 0 Å². The smallest absolute Gasteiger partial charge is 0.321 e. The maximum atomic E-state index is 12.6. The molecule has 4 rings (SSSR count). The second kappa shape index (κ2) is 8.98. The lowest BCUT2D eigenvalue weighted by Gasteiger charge is -2.37. The number of hydrogen-bond acceptors (Lipinski definition) is 4. The van der Waals surface area contributed by atoms with Crippen molar-refractivity contribution in [3.05, 3.63) is 64.7 Å². The molecule has 1 fully saturated rings. The number of likely N-dealkylation sites (tertiary alicyclic amines) is 1. The number of piperidine rings is 1. The highest BCUT2D eigenvalue weighted by Crippen LogP contribution is 2.35. The summed E-state index contributed by atoms with van der Waals surface area (Å²) in [6.45, 7) is 3.48. The van der Waals surface area contributed by atoms with E-state index in [0.29, 0.717) is 49.6 Å². The lowest BCUT2D eigenvalue weighted by Crippen LogP contribution is -2.48. The van der Waals surface area contributed by atoms with E-state index in [1.165, 1.54) is 0 Å². The Morgan fingerprint density at radius 1 is 1.16 bits per heavy atom. The number of nitrogens with zero attached hydrogens (tertiary/aromatic N) is 2. The predicted molar refractivity (Wildman–Crippen MR) is 120 cm³/mol. The maximum Gasteiger partial charge on any atom is 0.321 e. The molecule has 31 heavy (non-hydrogen) atoms. The van der Waals surface area contributed by atoms with Crippen molar-refractivity contribution in [2.45, 2.75) is 38.3 Å². The fourth-order valence-electron chi connectivity index (χ4n) is 3.84. The number of rotatable bonds is 4. The van der Waals surface area contributed by atoms with Gasteiger partial charge in [-0.15, -0.1) is 0 Å². The number of halogens is 1. The van der Waals surface area contributed by atoms with Gasteiger partial charge in [0.05, 0.1) is 0 Å². The lowest BCUT2D eigenvalue weighted by molar-refractivity contribution is -0.115. The van der Waals surface area contributed by atoms with E-state index in [-0.39, 0.29) is 11.9 Å². The van der Waals surface area contributed by atoms with Gasteiger partial charge < -0.3 is 20.4 Å². The van der Waals surface area contributed by atoms with E-state index in [0.717, 1.165) is 16.8 Å². The van der Waals surface area contributed by atoms with E-state index < -0.39 is 5.60 Å². The molecule has 0 aliphatic carbocycles. The number of urea groups is 1. The van der Waals surface area contributed by atoms with Crippen LogP contribution < -0.4 is 10.6 Å². The van der Waals surface area contributed by atoms with Crippen molar-refractivity contribution in [3.63, 3.8) is 0 Å². The van der Waals surface area contributed by atoms with Gasteiger partial charge in [-0.25, -0.2) is 4.79 Å². The fourth-order valence-corrected chi connectivity index (χ4v) is 3.97. The zero-order chi connectivity index (χ0) is 21.8. The van der Waals surface area contributed by atoms with Crippen LogP contribution in [-0.4, -0.2) is 41.2 Å². The van der Waals surface area contributed by atoms with Crippen molar-refractivity contribution in [2.75, 3.05) is 18.4 Å². The number of carbonyl (C=O) groups is 2. The Labute approximate surface area is 186 Å². The van der Waals surface area contributed by atoms with Crippen LogP contribution in [0.4, 0.5) is 10.5 Å². The highest BCUT2D eigenvalue weighted by Gasteiger charge is 2.44. The first-order chi connectivity index (χ1) is 14.9. The highest BCUT2D eigenvalue weighted by atomic mass is 35.5. The molecular formula is C23H25ClN4O3. The Bertz CT molecular complexity index is 998. The summed E-state index contributed by atoms with van der Waals surface area (Å²) in [4.78, 5) is 32.5. The Kier molecular flexibility index (Phi) is 6.13. The molecule has 2 N–H and O–H groups in total. The molecule has 2 aromatic carbocycles. The topological polar surface area (TPSA) is 83.0 Å². The average Bonchev–Trinajstić information content (AvgIpc) is 3.17. The third-order valence-electron chi connectivity index (χ3n) is 5.70. The van der Waals surface area contributed by atoms with Crippen LogP contribution in [0, 0.1) is 6.92 Å². The Balaban J connectivity index is 1.25. The Morgan fingerprint density at radius 2 is 1.90 bits per heavy atom. The summed E-state index contributed by atoms with van der Waals surface area (Å²) in [7, 11) is 0. The van der Waals surface area contributed by atoms with Gasteiger partial charge in [-0.1, -0.05) is 41.0 Å². The van der Waals surface area contributed by atoms with Crippen LogP contribution >= 0.6 is 11.6 Å². The summed E-state index contributed by atoms with van der Waals surface area (Å²) in [6, 6.07) is 14.9. The minimum atomic E-state index is -0.507. The number of hydrogen-bond donors (Lipinski definition) is 2. The molecule has 2 aromatic rings. The molecule has 3 amide bonds. The molecule has 0 bridgehead atoms. The predicted octanol–water partition coefficient (Wildman–Crippen LogP) is 4.11. The second-order valence-corrected chi connectivity index (χ2v) is 8.52. The molecule has 8 heteroatoms. The van der Waals surface area contributed by atoms with Gasteiger partial charge in [0.25, 0.3) is 5.91 Å². The normalized spacial score (nSPS) is 17.1. The quantitative estimate of drug-likeness (QED) is 0.750. The first kappa shape index (κ1) is 21.2. The van der Waals surface area contributed by atoms with E-state index in [9.17, 15) is 9.59 Å². The summed E-state index contributed by atoms with van der Waals surface area (Å²) < 4.78 is 0. The maximum absolute atomic E-state index is 12.6. The Morgan fingerprint density at radius 3 is 2.61 bits per heavy atom. The Hall–Kier alpha value is -3.06.